The molecule has 3 aromatic rings. The molecule has 1 N–H and O–H groups in total. The number of ether oxygens (including phenoxy) is 1. The van der Waals surface area contributed by atoms with Crippen LogP contribution in [0.15, 0.2) is 65.7 Å². The molecule has 1 aromatic heterocycles. The molecule has 0 aliphatic carbocycles. The Bertz CT molecular complexity index is 940. The minimum atomic E-state index is 0.0235. The van der Waals surface area contributed by atoms with Crippen molar-refractivity contribution in [1.29, 1.82) is 0 Å². The molecule has 1 saturated heterocycles. The van der Waals surface area contributed by atoms with Gasteiger partial charge in [0, 0.05) is 30.7 Å². The van der Waals surface area contributed by atoms with E-state index in [1.807, 2.05) is 30.5 Å². The molecule has 0 atom stereocenters. The minimum absolute atomic E-state index is 0.0235. The van der Waals surface area contributed by atoms with Gasteiger partial charge in [0.25, 0.3) is 0 Å². The highest BCUT2D eigenvalue weighted by molar-refractivity contribution is 8.00. The summed E-state index contributed by atoms with van der Waals surface area (Å²) in [5, 5.41) is 5.38. The van der Waals surface area contributed by atoms with E-state index in [1.54, 1.807) is 11.8 Å². The van der Waals surface area contributed by atoms with Crippen LogP contribution in [0.4, 0.5) is 5.82 Å². The smallest absolute Gasteiger partial charge is 0.230 e. The molecule has 28 heavy (non-hydrogen) atoms. The predicted molar refractivity (Wildman–Crippen MR) is 114 cm³/mol. The van der Waals surface area contributed by atoms with Crippen molar-refractivity contribution >= 4 is 34.3 Å². The lowest BCUT2D eigenvalue weighted by atomic mass is 10.1. The normalized spacial score (nSPS) is 14.2. The predicted octanol–water partition coefficient (Wildman–Crippen LogP) is 3.48. The second kappa shape index (κ2) is 9.08. The monoisotopic (exact) mass is 393 g/mol. The summed E-state index contributed by atoms with van der Waals surface area (Å²) < 4.78 is 5.37. The van der Waals surface area contributed by atoms with Crippen LogP contribution in [0.5, 0.6) is 0 Å². The molecular weight excluding hydrogens is 370 g/mol. The van der Waals surface area contributed by atoms with Gasteiger partial charge < -0.3 is 15.0 Å². The first-order valence-electron chi connectivity index (χ1n) is 9.44. The largest absolute Gasteiger partial charge is 0.378 e. The first kappa shape index (κ1) is 18.8. The van der Waals surface area contributed by atoms with Gasteiger partial charge in [-0.05, 0) is 34.5 Å². The van der Waals surface area contributed by atoms with E-state index in [1.165, 1.54) is 10.8 Å². The van der Waals surface area contributed by atoms with Crippen molar-refractivity contribution in [2.75, 3.05) is 37.0 Å². The van der Waals surface area contributed by atoms with Gasteiger partial charge in [-0.3, -0.25) is 4.79 Å². The maximum atomic E-state index is 12.2. The van der Waals surface area contributed by atoms with Crippen LogP contribution in [0.3, 0.4) is 0 Å². The number of aromatic nitrogens is 1. The SMILES string of the molecule is O=C(CSc1ccc2ccccc2c1)NCc1ccc(N2CCOCC2)nc1. The molecule has 1 aliphatic heterocycles. The molecule has 4 rings (SSSR count). The number of nitrogens with zero attached hydrogens (tertiary/aromatic N) is 2. The zero-order chi connectivity index (χ0) is 19.2. The molecule has 0 bridgehead atoms. The third-order valence-corrected chi connectivity index (χ3v) is 5.72. The Morgan fingerprint density at radius 3 is 2.68 bits per heavy atom. The molecule has 2 aromatic carbocycles. The summed E-state index contributed by atoms with van der Waals surface area (Å²) in [5.41, 5.74) is 1.00. The van der Waals surface area contributed by atoms with Crippen molar-refractivity contribution in [2.24, 2.45) is 0 Å². The number of amides is 1. The second-order valence-electron chi connectivity index (χ2n) is 6.70. The lowest BCUT2D eigenvalue weighted by Crippen LogP contribution is -2.36. The molecule has 1 fully saturated rings. The van der Waals surface area contributed by atoms with Gasteiger partial charge in [-0.1, -0.05) is 36.4 Å². The van der Waals surface area contributed by atoms with Crippen molar-refractivity contribution in [2.45, 2.75) is 11.4 Å². The Balaban J connectivity index is 1.25. The highest BCUT2D eigenvalue weighted by Gasteiger charge is 2.12. The number of hydrogen-bond donors (Lipinski definition) is 1. The topological polar surface area (TPSA) is 54.5 Å². The molecule has 144 valence electrons. The van der Waals surface area contributed by atoms with Crippen LogP contribution in [-0.4, -0.2) is 42.9 Å². The first-order valence-corrected chi connectivity index (χ1v) is 10.4. The fourth-order valence-electron chi connectivity index (χ4n) is 3.16. The Kier molecular flexibility index (Phi) is 6.09. The Hall–Kier alpha value is -2.57. The average molecular weight is 394 g/mol. The van der Waals surface area contributed by atoms with Crippen LogP contribution in [-0.2, 0) is 16.1 Å². The minimum Gasteiger partial charge on any atom is -0.378 e. The van der Waals surface area contributed by atoms with Gasteiger partial charge >= 0.3 is 0 Å². The molecule has 1 aliphatic rings. The van der Waals surface area contributed by atoms with Crippen molar-refractivity contribution in [3.05, 3.63) is 66.4 Å². The molecule has 0 radical (unpaired) electrons. The summed E-state index contributed by atoms with van der Waals surface area (Å²) in [6, 6.07) is 18.6. The number of anilines is 1. The zero-order valence-electron chi connectivity index (χ0n) is 15.6. The summed E-state index contributed by atoms with van der Waals surface area (Å²) in [6.45, 7) is 3.72. The van der Waals surface area contributed by atoms with Crippen LogP contribution < -0.4 is 10.2 Å². The number of fused-ring (bicyclic) bond motifs is 1. The van der Waals surface area contributed by atoms with Crippen molar-refractivity contribution in [3.63, 3.8) is 0 Å². The van der Waals surface area contributed by atoms with Gasteiger partial charge in [0.15, 0.2) is 0 Å². The molecule has 0 unspecified atom stereocenters. The summed E-state index contributed by atoms with van der Waals surface area (Å²) in [5.74, 6) is 1.39. The highest BCUT2D eigenvalue weighted by Crippen LogP contribution is 2.23. The quantitative estimate of drug-likeness (QED) is 0.650. The zero-order valence-corrected chi connectivity index (χ0v) is 16.5. The summed E-state index contributed by atoms with van der Waals surface area (Å²) in [4.78, 5) is 20.0. The molecule has 5 nitrogen and oxygen atoms in total. The number of thioether (sulfide) groups is 1. The number of morpholine rings is 1. The number of carbonyl (C=O) groups excluding carboxylic acids is 1. The van der Waals surface area contributed by atoms with Crippen LogP contribution in [0.25, 0.3) is 10.8 Å². The fourth-order valence-corrected chi connectivity index (χ4v) is 3.93. The van der Waals surface area contributed by atoms with E-state index in [-0.39, 0.29) is 5.91 Å². The van der Waals surface area contributed by atoms with Crippen molar-refractivity contribution in [3.8, 4) is 0 Å². The molecular formula is C22H23N3O2S. The van der Waals surface area contributed by atoms with Gasteiger partial charge in [0.05, 0.1) is 19.0 Å². The third-order valence-electron chi connectivity index (χ3n) is 4.72. The number of nitrogens with one attached hydrogen (secondary N) is 1. The Morgan fingerprint density at radius 2 is 1.89 bits per heavy atom. The molecule has 6 heteroatoms. The fraction of sp³-hybridized carbons (Fsp3) is 0.273. The standard InChI is InChI=1S/C22H23N3O2S/c26-22(16-28-20-7-6-18-3-1-2-4-19(18)13-20)24-15-17-5-8-21(23-14-17)25-9-11-27-12-10-25/h1-8,13-14H,9-12,15-16H2,(H,24,26). The Labute approximate surface area is 169 Å². The van der Waals surface area contributed by atoms with Crippen LogP contribution in [0.1, 0.15) is 5.56 Å². The van der Waals surface area contributed by atoms with E-state index < -0.39 is 0 Å². The lowest BCUT2D eigenvalue weighted by molar-refractivity contribution is -0.118. The van der Waals surface area contributed by atoms with E-state index in [4.69, 9.17) is 4.74 Å². The number of carbonyl (C=O) groups is 1. The van der Waals surface area contributed by atoms with E-state index in [0.717, 1.165) is 42.6 Å². The second-order valence-corrected chi connectivity index (χ2v) is 7.75. The number of pyridine rings is 1. The average Bonchev–Trinajstić information content (AvgIpc) is 2.77. The highest BCUT2D eigenvalue weighted by atomic mass is 32.2. The van der Waals surface area contributed by atoms with Gasteiger partial charge in [-0.25, -0.2) is 4.98 Å². The third kappa shape index (κ3) is 4.82. The Morgan fingerprint density at radius 1 is 1.07 bits per heavy atom. The van der Waals surface area contributed by atoms with Gasteiger partial charge in [-0.15, -0.1) is 11.8 Å². The number of rotatable bonds is 6. The summed E-state index contributed by atoms with van der Waals surface area (Å²) in [6.07, 6.45) is 1.83. The first-order chi connectivity index (χ1) is 13.8. The summed E-state index contributed by atoms with van der Waals surface area (Å²) in [7, 11) is 0. The van der Waals surface area contributed by atoms with E-state index in [9.17, 15) is 4.79 Å². The van der Waals surface area contributed by atoms with Gasteiger partial charge in [-0.2, -0.15) is 0 Å². The molecule has 1 amide bonds. The van der Waals surface area contributed by atoms with E-state index in [0.29, 0.717) is 12.3 Å². The van der Waals surface area contributed by atoms with E-state index in [2.05, 4.69) is 45.5 Å². The molecule has 2 heterocycles. The van der Waals surface area contributed by atoms with Gasteiger partial charge in [0.1, 0.15) is 5.82 Å². The lowest BCUT2D eigenvalue weighted by Gasteiger charge is -2.27. The maximum Gasteiger partial charge on any atom is 0.230 e. The van der Waals surface area contributed by atoms with Crippen LogP contribution in [0.2, 0.25) is 0 Å². The molecule has 0 spiro atoms. The van der Waals surface area contributed by atoms with Crippen molar-refractivity contribution < 1.29 is 9.53 Å². The van der Waals surface area contributed by atoms with Gasteiger partial charge in [0.2, 0.25) is 5.91 Å². The summed E-state index contributed by atoms with van der Waals surface area (Å²) >= 11 is 1.55. The number of benzene rings is 2. The van der Waals surface area contributed by atoms with Crippen molar-refractivity contribution in [1.82, 2.24) is 10.3 Å². The molecule has 0 saturated carbocycles. The van der Waals surface area contributed by atoms with Crippen LogP contribution in [0, 0.1) is 0 Å². The van der Waals surface area contributed by atoms with E-state index >= 15 is 0 Å². The maximum absolute atomic E-state index is 12.2. The van der Waals surface area contributed by atoms with Crippen LogP contribution >= 0.6 is 11.8 Å². The number of hydrogen-bond acceptors (Lipinski definition) is 5.